The number of hydrogen-bond donors (Lipinski definition) is 1. The molecule has 0 radical (unpaired) electrons. The molecule has 0 spiro atoms. The molecule has 54 heavy (non-hydrogen) atoms. The number of nitrogens with one attached hydrogen (secondary N) is 1. The molecule has 5 aromatic rings. The Morgan fingerprint density at radius 2 is 1.50 bits per heavy atom. The number of hydrogen-bond acceptors (Lipinski definition) is 9. The number of sulfonamides is 1. The van der Waals surface area contributed by atoms with Gasteiger partial charge in [0.15, 0.2) is 0 Å². The van der Waals surface area contributed by atoms with Gasteiger partial charge in [-0.2, -0.15) is 9.57 Å². The highest BCUT2D eigenvalue weighted by molar-refractivity contribution is 7.90. The Bertz CT molecular complexity index is 2350. The summed E-state index contributed by atoms with van der Waals surface area (Å²) in [5.41, 5.74) is 3.87. The van der Waals surface area contributed by atoms with Gasteiger partial charge in [0.2, 0.25) is 10.0 Å². The van der Waals surface area contributed by atoms with Crippen molar-refractivity contribution in [2.45, 2.75) is 56.0 Å². The normalized spacial score (nSPS) is 14.7. The van der Waals surface area contributed by atoms with Crippen LogP contribution in [0.25, 0.3) is 11.0 Å². The fraction of sp³-hybridized carbons (Fsp3) is 0.317. The van der Waals surface area contributed by atoms with Gasteiger partial charge >= 0.3 is 0 Å². The van der Waals surface area contributed by atoms with Crippen LogP contribution in [0.5, 0.6) is 17.2 Å². The minimum atomic E-state index is -3.93. The molecule has 2 fully saturated rings. The number of methoxy groups -OCH3 is 2. The molecule has 7 rings (SSSR count). The lowest BCUT2D eigenvalue weighted by Gasteiger charge is -2.28. The molecule has 2 aromatic heterocycles. The van der Waals surface area contributed by atoms with E-state index in [2.05, 4.69) is 11.4 Å². The molecule has 2 aliphatic rings. The Labute approximate surface area is 314 Å². The van der Waals surface area contributed by atoms with E-state index in [-0.39, 0.29) is 37.7 Å². The number of rotatable bonds is 15. The van der Waals surface area contributed by atoms with Crippen LogP contribution in [-0.2, 0) is 36.7 Å². The number of ether oxygens (including phenoxy) is 3. The molecule has 0 atom stereocenters. The summed E-state index contributed by atoms with van der Waals surface area (Å²) >= 11 is 0. The number of amides is 1. The first-order valence-electron chi connectivity index (χ1n) is 17.7. The number of carbonyl (C=O) groups excluding carboxylic acids is 1. The third kappa shape index (κ3) is 7.53. The Morgan fingerprint density at radius 3 is 2.02 bits per heavy atom. The van der Waals surface area contributed by atoms with Gasteiger partial charge < -0.3 is 24.1 Å². The van der Waals surface area contributed by atoms with Crippen molar-refractivity contribution in [1.82, 2.24) is 19.2 Å². The number of fused-ring (bicyclic) bond motifs is 1. The maximum atomic E-state index is 14.6. The third-order valence-electron chi connectivity index (χ3n) is 10.2. The monoisotopic (exact) mass is 747 g/mol. The van der Waals surface area contributed by atoms with Gasteiger partial charge in [-0.15, -0.1) is 0 Å². The van der Waals surface area contributed by atoms with E-state index in [4.69, 9.17) is 24.5 Å². The first kappa shape index (κ1) is 36.6. The second-order valence-corrected chi connectivity index (χ2v) is 16.2. The third-order valence-corrected chi connectivity index (χ3v) is 12.7. The first-order valence-corrected chi connectivity index (χ1v) is 19.2. The van der Waals surface area contributed by atoms with Crippen LogP contribution in [0.4, 0.5) is 0 Å². The average Bonchev–Trinajstić information content (AvgIpc) is 4.13. The summed E-state index contributed by atoms with van der Waals surface area (Å²) in [5, 5.41) is 11.9. The van der Waals surface area contributed by atoms with Crippen molar-refractivity contribution in [3.63, 3.8) is 0 Å². The van der Waals surface area contributed by atoms with Gasteiger partial charge in [0.25, 0.3) is 11.5 Å². The lowest BCUT2D eigenvalue weighted by molar-refractivity contribution is 0.0949. The summed E-state index contributed by atoms with van der Waals surface area (Å²) in [6.07, 6.45) is 2.73. The van der Waals surface area contributed by atoms with E-state index >= 15 is 0 Å². The predicted octanol–water partition coefficient (Wildman–Crippen LogP) is 5.57. The number of carbonyl (C=O) groups is 1. The molecule has 2 aliphatic carbocycles. The molecule has 0 bridgehead atoms. The maximum absolute atomic E-state index is 14.6. The first-order chi connectivity index (χ1) is 26.0. The van der Waals surface area contributed by atoms with E-state index in [9.17, 15) is 18.0 Å². The minimum Gasteiger partial charge on any atom is -0.497 e. The van der Waals surface area contributed by atoms with E-state index in [1.165, 1.54) is 14.9 Å². The molecule has 3 aromatic carbocycles. The Balaban J connectivity index is 1.17. The van der Waals surface area contributed by atoms with Crippen molar-refractivity contribution in [2.75, 3.05) is 20.8 Å². The second-order valence-electron chi connectivity index (χ2n) is 13.9. The fourth-order valence-corrected chi connectivity index (χ4v) is 8.51. The molecular weight excluding hydrogens is 707 g/mol. The van der Waals surface area contributed by atoms with Crippen LogP contribution >= 0.6 is 0 Å². The van der Waals surface area contributed by atoms with Crippen molar-refractivity contribution in [1.29, 1.82) is 5.26 Å². The Hall–Kier alpha value is -5.71. The zero-order valence-electron chi connectivity index (χ0n) is 30.4. The Morgan fingerprint density at radius 1 is 0.926 bits per heavy atom. The predicted molar refractivity (Wildman–Crippen MR) is 203 cm³/mol. The lowest BCUT2D eigenvalue weighted by Crippen LogP contribution is -2.42. The highest BCUT2D eigenvalue weighted by Crippen LogP contribution is 2.47. The van der Waals surface area contributed by atoms with Gasteiger partial charge in [0, 0.05) is 44.4 Å². The van der Waals surface area contributed by atoms with Gasteiger partial charge in [-0.05, 0) is 84.8 Å². The highest BCUT2D eigenvalue weighted by Gasteiger charge is 2.58. The van der Waals surface area contributed by atoms with Crippen molar-refractivity contribution >= 4 is 27.0 Å². The molecule has 0 saturated heterocycles. The molecule has 1 N–H and O–H groups in total. The maximum Gasteiger partial charge on any atom is 0.263 e. The molecule has 278 valence electrons. The number of nitriles is 1. The van der Waals surface area contributed by atoms with E-state index in [1.807, 2.05) is 48.5 Å². The van der Waals surface area contributed by atoms with Gasteiger partial charge in [0.1, 0.15) is 39.7 Å². The van der Waals surface area contributed by atoms with Crippen LogP contribution in [0.2, 0.25) is 0 Å². The molecule has 12 nitrogen and oxygen atoms in total. The molecule has 13 heteroatoms. The van der Waals surface area contributed by atoms with E-state index < -0.39 is 26.2 Å². The van der Waals surface area contributed by atoms with Crippen LogP contribution in [0.1, 0.15) is 69.9 Å². The standard InChI is InChI=1S/C41H41N5O7S/c1-45-38-36(20-34(40(45)48)39(47)43-23-28-6-4-27(22-42)5-7-28)44-35(31-12-13-31)21-37(38)53-26-41(18-19-41)54(49,50)46(24-29-8-14-32(51-2)15-9-29)25-30-10-16-33(52-3)17-11-30/h4-11,14-17,20-21,31H,12-13,18-19,23-26H2,1-3H3,(H,43,47). The zero-order chi connectivity index (χ0) is 38.0. The van der Waals surface area contributed by atoms with E-state index in [0.29, 0.717) is 46.7 Å². The molecular formula is C41H41N5O7S. The number of pyridine rings is 2. The summed E-state index contributed by atoms with van der Waals surface area (Å²) in [4.78, 5) is 31.8. The molecule has 2 heterocycles. The summed E-state index contributed by atoms with van der Waals surface area (Å²) in [5.74, 6) is 1.36. The summed E-state index contributed by atoms with van der Waals surface area (Å²) < 4.78 is 48.0. The summed E-state index contributed by atoms with van der Waals surface area (Å²) in [7, 11) is 0.794. The number of nitrogens with zero attached hydrogens (tertiary/aromatic N) is 4. The lowest BCUT2D eigenvalue weighted by atomic mass is 10.1. The average molecular weight is 748 g/mol. The van der Waals surface area contributed by atoms with E-state index in [1.54, 1.807) is 51.6 Å². The number of aromatic nitrogens is 2. The topological polar surface area (TPSA) is 153 Å². The van der Waals surface area contributed by atoms with Crippen molar-refractivity contribution in [3.05, 3.63) is 129 Å². The summed E-state index contributed by atoms with van der Waals surface area (Å²) in [6, 6.07) is 26.8. The summed E-state index contributed by atoms with van der Waals surface area (Å²) in [6.45, 7) is 0.338. The molecule has 0 aliphatic heterocycles. The van der Waals surface area contributed by atoms with Crippen LogP contribution < -0.4 is 25.1 Å². The second kappa shape index (κ2) is 15.0. The van der Waals surface area contributed by atoms with Crippen molar-refractivity contribution in [3.8, 4) is 23.3 Å². The van der Waals surface area contributed by atoms with Gasteiger partial charge in [-0.3, -0.25) is 14.6 Å². The fourth-order valence-electron chi connectivity index (χ4n) is 6.50. The van der Waals surface area contributed by atoms with E-state index in [0.717, 1.165) is 35.2 Å². The minimum absolute atomic E-state index is 0.0704. The zero-order valence-corrected chi connectivity index (χ0v) is 31.2. The highest BCUT2D eigenvalue weighted by atomic mass is 32.2. The van der Waals surface area contributed by atoms with Crippen LogP contribution in [0, 0.1) is 11.3 Å². The van der Waals surface area contributed by atoms with Crippen LogP contribution in [0.3, 0.4) is 0 Å². The quantitative estimate of drug-likeness (QED) is 0.145. The largest absolute Gasteiger partial charge is 0.497 e. The van der Waals surface area contributed by atoms with Gasteiger partial charge in [0.05, 0.1) is 31.4 Å². The van der Waals surface area contributed by atoms with Crippen LogP contribution in [-0.4, -0.2) is 53.8 Å². The van der Waals surface area contributed by atoms with Crippen LogP contribution in [0.15, 0.2) is 89.7 Å². The Kier molecular flexibility index (Phi) is 10.2. The van der Waals surface area contributed by atoms with Crippen molar-refractivity contribution in [2.24, 2.45) is 7.05 Å². The van der Waals surface area contributed by atoms with Gasteiger partial charge in [-0.25, -0.2) is 8.42 Å². The number of benzene rings is 3. The molecule has 2 saturated carbocycles. The smallest absolute Gasteiger partial charge is 0.263 e. The number of aryl methyl sites for hydroxylation is 1. The SMILES string of the molecule is COc1ccc(CN(Cc2ccc(OC)cc2)S(=O)(=O)C2(COc3cc(C4CC4)nc4cc(C(=O)NCc5ccc(C#N)cc5)c(=O)n(C)c34)CC2)cc1. The molecule has 1 amide bonds. The molecule has 0 unspecified atom stereocenters. The van der Waals surface area contributed by atoms with Gasteiger partial charge in [-0.1, -0.05) is 36.4 Å². The van der Waals surface area contributed by atoms with Crippen molar-refractivity contribution < 1.29 is 27.4 Å².